The van der Waals surface area contributed by atoms with Gasteiger partial charge < -0.3 is 16.6 Å². The summed E-state index contributed by atoms with van der Waals surface area (Å²) in [5.74, 6) is -2.14. The van der Waals surface area contributed by atoms with Gasteiger partial charge in [-0.05, 0) is 55.1 Å². The molecular weight excluding hydrogens is 489 g/mol. The van der Waals surface area contributed by atoms with Crippen LogP contribution in [0.1, 0.15) is 35.3 Å². The van der Waals surface area contributed by atoms with E-state index < -0.39 is 29.0 Å². The van der Waals surface area contributed by atoms with Crippen molar-refractivity contribution in [2.24, 2.45) is 0 Å². The van der Waals surface area contributed by atoms with E-state index in [1.54, 1.807) is 6.92 Å². The van der Waals surface area contributed by atoms with Gasteiger partial charge in [-0.25, -0.2) is 13.2 Å². The van der Waals surface area contributed by atoms with Gasteiger partial charge in [0.05, 0.1) is 23.5 Å². The summed E-state index contributed by atoms with van der Waals surface area (Å²) in [5.41, 5.74) is -0.944. The van der Waals surface area contributed by atoms with Crippen molar-refractivity contribution in [3.63, 3.8) is 0 Å². The number of aliphatic hydroxyl groups excluding tert-OH is 1. The fourth-order valence-electron chi connectivity index (χ4n) is 2.70. The minimum Gasteiger partial charge on any atom is -0.395 e. The lowest BCUT2D eigenvalue weighted by Crippen LogP contribution is -2.22. The smallest absolute Gasteiger partial charge is 0.263 e. The van der Waals surface area contributed by atoms with Gasteiger partial charge in [-0.2, -0.15) is 0 Å². The maximum atomic E-state index is 15.1. The van der Waals surface area contributed by atoms with Crippen LogP contribution < -0.4 is 16.2 Å². The molecule has 2 rings (SSSR count). The van der Waals surface area contributed by atoms with Crippen LogP contribution in [0.3, 0.4) is 0 Å². The fourth-order valence-corrected chi connectivity index (χ4v) is 4.00. The highest BCUT2D eigenvalue weighted by molar-refractivity contribution is 7.98. The molecule has 0 saturated carbocycles. The molecule has 0 aliphatic rings. The molecule has 0 aliphatic carbocycles. The van der Waals surface area contributed by atoms with Gasteiger partial charge in [-0.1, -0.05) is 5.92 Å². The first-order chi connectivity index (χ1) is 15.7. The number of amides is 2. The molecule has 0 aliphatic heterocycles. The van der Waals surface area contributed by atoms with E-state index in [1.807, 2.05) is 0 Å². The number of hydrogen-bond donors (Lipinski definition) is 4. The lowest BCUT2D eigenvalue weighted by molar-refractivity contribution is -0.123. The summed E-state index contributed by atoms with van der Waals surface area (Å²) in [6, 6.07) is 4.84. The van der Waals surface area contributed by atoms with Gasteiger partial charge in [0, 0.05) is 36.1 Å². The second kappa shape index (κ2) is 13.8. The van der Waals surface area contributed by atoms with Crippen LogP contribution in [0.15, 0.2) is 24.3 Å². The minimum atomic E-state index is -1.38. The number of benzene rings is 2. The maximum absolute atomic E-state index is 15.1. The predicted molar refractivity (Wildman–Crippen MR) is 130 cm³/mol. The van der Waals surface area contributed by atoms with Gasteiger partial charge in [0.2, 0.25) is 5.91 Å². The highest BCUT2D eigenvalue weighted by Gasteiger charge is 2.24. The number of rotatable bonds is 10. The number of carbonyl (C=O) groups excluding carboxylic acids is 2. The van der Waals surface area contributed by atoms with E-state index in [0.29, 0.717) is 6.54 Å². The number of carbonyl (C=O) groups is 2. The summed E-state index contributed by atoms with van der Waals surface area (Å²) in [6.45, 7) is 3.22. The van der Waals surface area contributed by atoms with E-state index in [9.17, 15) is 18.4 Å². The average molecular weight is 515 g/mol. The number of aliphatic hydroxyl groups is 1. The number of anilines is 2. The molecule has 0 fully saturated rings. The molecule has 0 radical (unpaired) electrons. The van der Waals surface area contributed by atoms with Gasteiger partial charge in [0.25, 0.3) is 5.91 Å². The summed E-state index contributed by atoms with van der Waals surface area (Å²) in [4.78, 5) is 24.3. The monoisotopic (exact) mass is 514 g/mol. The quantitative estimate of drug-likeness (QED) is 0.211. The van der Waals surface area contributed by atoms with E-state index in [1.165, 1.54) is 23.4 Å². The van der Waals surface area contributed by atoms with E-state index in [0.717, 1.165) is 36.0 Å². The van der Waals surface area contributed by atoms with Crippen LogP contribution in [0.2, 0.25) is 0 Å². The minimum absolute atomic E-state index is 0. The van der Waals surface area contributed by atoms with Gasteiger partial charge in [-0.15, -0.1) is 6.42 Å². The molecule has 184 valence electrons. The second-order valence-corrected chi connectivity index (χ2v) is 8.43. The molecule has 34 heavy (non-hydrogen) atoms. The van der Waals surface area contributed by atoms with Crippen molar-refractivity contribution in [2.75, 3.05) is 24.2 Å². The van der Waals surface area contributed by atoms with E-state index in [2.05, 4.69) is 16.0 Å². The molecule has 0 unspecified atom stereocenters. The SMILES string of the molecule is C#Cc1ccc(Nc2c(C(=O)NSCCO)cc(CSN(CC)C(C)=O)c(F)c2F)c(F)c1.N. The second-order valence-electron chi connectivity index (χ2n) is 6.54. The zero-order valence-electron chi connectivity index (χ0n) is 18.6. The highest BCUT2D eigenvalue weighted by Crippen LogP contribution is 2.32. The van der Waals surface area contributed by atoms with Crippen molar-refractivity contribution in [1.29, 1.82) is 0 Å². The number of hydrogen-bond acceptors (Lipinski definition) is 7. The Balaban J connectivity index is 0.00000578. The number of halogens is 3. The zero-order valence-corrected chi connectivity index (χ0v) is 20.2. The topological polar surface area (TPSA) is 117 Å². The standard InChI is InChI=1S/C22H22F3N3O3S2.H3N/c1-4-14-6-7-18(17(23)10-14)26-21-16(22(31)27-32-9-8-29)11-15(19(24)20(21)25)12-33-28(5-2)13(3)30;/h1,6-7,10-11,26,29H,5,8-9,12H2,2-3H3,(H,27,31);1H3. The van der Waals surface area contributed by atoms with Gasteiger partial charge >= 0.3 is 0 Å². The summed E-state index contributed by atoms with van der Waals surface area (Å²) < 4.78 is 48.1. The van der Waals surface area contributed by atoms with Gasteiger partial charge in [0.1, 0.15) is 5.82 Å². The molecule has 6 N–H and O–H groups in total. The van der Waals surface area contributed by atoms with Crippen LogP contribution in [0.4, 0.5) is 24.5 Å². The molecule has 0 saturated heterocycles. The summed E-state index contributed by atoms with van der Waals surface area (Å²) >= 11 is 1.84. The Hall–Kier alpha value is -2.85. The van der Waals surface area contributed by atoms with Crippen molar-refractivity contribution in [2.45, 2.75) is 19.6 Å². The Morgan fingerprint density at radius 3 is 2.47 bits per heavy atom. The first-order valence-corrected chi connectivity index (χ1v) is 11.6. The molecule has 7 nitrogen and oxygen atoms in total. The molecule has 12 heteroatoms. The lowest BCUT2D eigenvalue weighted by Gasteiger charge is -2.19. The zero-order chi connectivity index (χ0) is 24.5. The number of terminal acetylenes is 1. The van der Waals surface area contributed by atoms with Crippen molar-refractivity contribution >= 4 is 47.1 Å². The Morgan fingerprint density at radius 1 is 1.21 bits per heavy atom. The third kappa shape index (κ3) is 7.33. The molecular formula is C22H25F3N4O3S2. The average Bonchev–Trinajstić information content (AvgIpc) is 2.79. The third-order valence-corrected chi connectivity index (χ3v) is 6.28. The molecule has 0 aromatic heterocycles. The predicted octanol–water partition coefficient (Wildman–Crippen LogP) is 4.38. The Kier molecular flexibility index (Phi) is 11.8. The molecule has 0 atom stereocenters. The van der Waals surface area contributed by atoms with Crippen molar-refractivity contribution in [1.82, 2.24) is 15.2 Å². The summed E-state index contributed by atoms with van der Waals surface area (Å²) in [6.07, 6.45) is 5.24. The molecule has 0 bridgehead atoms. The molecule has 0 heterocycles. The molecule has 2 aromatic carbocycles. The Labute approximate surface area is 204 Å². The van der Waals surface area contributed by atoms with Crippen LogP contribution in [-0.2, 0) is 10.5 Å². The maximum Gasteiger partial charge on any atom is 0.263 e. The lowest BCUT2D eigenvalue weighted by atomic mass is 10.1. The molecule has 2 aromatic rings. The van der Waals surface area contributed by atoms with E-state index in [4.69, 9.17) is 11.5 Å². The Morgan fingerprint density at radius 2 is 1.91 bits per heavy atom. The normalized spacial score (nSPS) is 10.1. The fraction of sp³-hybridized carbons (Fsp3) is 0.273. The first-order valence-electron chi connectivity index (χ1n) is 9.71. The largest absolute Gasteiger partial charge is 0.395 e. The van der Waals surface area contributed by atoms with Crippen LogP contribution in [0.25, 0.3) is 0 Å². The van der Waals surface area contributed by atoms with Crippen LogP contribution in [0, 0.1) is 29.8 Å². The summed E-state index contributed by atoms with van der Waals surface area (Å²) in [7, 11) is 0. The van der Waals surface area contributed by atoms with Crippen molar-refractivity contribution in [3.05, 3.63) is 58.4 Å². The molecule has 0 spiro atoms. The van der Waals surface area contributed by atoms with E-state index >= 15 is 4.39 Å². The third-order valence-electron chi connectivity index (χ3n) is 4.29. The first kappa shape index (κ1) is 29.2. The van der Waals surface area contributed by atoms with Gasteiger partial charge in [0.15, 0.2) is 11.6 Å². The highest BCUT2D eigenvalue weighted by atomic mass is 32.2. The number of nitrogens with one attached hydrogen (secondary N) is 2. The molecule has 2 amide bonds. The Bertz CT molecular complexity index is 1080. The summed E-state index contributed by atoms with van der Waals surface area (Å²) in [5, 5.41) is 11.3. The number of nitrogens with zero attached hydrogens (tertiary/aromatic N) is 1. The van der Waals surface area contributed by atoms with E-state index in [-0.39, 0.29) is 52.5 Å². The van der Waals surface area contributed by atoms with Crippen molar-refractivity contribution in [3.8, 4) is 12.3 Å². The van der Waals surface area contributed by atoms with Crippen molar-refractivity contribution < 1.29 is 27.9 Å². The van der Waals surface area contributed by atoms with Gasteiger partial charge in [-0.3, -0.25) is 18.6 Å². The van der Waals surface area contributed by atoms with Crippen LogP contribution in [0.5, 0.6) is 0 Å². The van der Waals surface area contributed by atoms with Crippen LogP contribution >= 0.6 is 23.9 Å². The van der Waals surface area contributed by atoms with Crippen LogP contribution in [-0.4, -0.2) is 40.1 Å².